The molecule has 0 aliphatic carbocycles. The SMILES string of the molecule is C=C(O)C(Cc1ccccc1)NC(=S)C(C)C(OC)C1CCCN1C(=O)CC(OC)C(C(C)CC)N(C)C(=O)C(CC(=O)C(NC)C(C)C)C(C)C. The lowest BCUT2D eigenvalue weighted by Crippen LogP contribution is -2.54. The summed E-state index contributed by atoms with van der Waals surface area (Å²) in [5.41, 5.74) is 1.04. The molecular formula is C41H68N4O6S. The molecule has 0 spiro atoms. The predicted molar refractivity (Wildman–Crippen MR) is 213 cm³/mol. The van der Waals surface area contributed by atoms with Crippen molar-refractivity contribution in [2.75, 3.05) is 34.9 Å². The molecule has 10 nitrogen and oxygen atoms in total. The number of ether oxygens (including phenoxy) is 2. The highest BCUT2D eigenvalue weighted by Gasteiger charge is 2.42. The molecule has 294 valence electrons. The second-order valence-corrected chi connectivity index (χ2v) is 15.8. The quantitative estimate of drug-likeness (QED) is 0.0973. The molecule has 0 saturated carbocycles. The monoisotopic (exact) mass is 744 g/mol. The number of rotatable bonds is 22. The summed E-state index contributed by atoms with van der Waals surface area (Å²) in [5.74, 6) is -0.810. The number of likely N-dealkylation sites (N-methyl/N-ethyl adjacent to an activating group) is 2. The number of aliphatic hydroxyl groups is 1. The van der Waals surface area contributed by atoms with Crippen LogP contribution in [0.4, 0.5) is 0 Å². The zero-order valence-corrected chi connectivity index (χ0v) is 34.5. The van der Waals surface area contributed by atoms with Crippen LogP contribution in [0.3, 0.4) is 0 Å². The smallest absolute Gasteiger partial charge is 0.226 e. The number of thiocarbonyl (C=S) groups is 1. The summed E-state index contributed by atoms with van der Waals surface area (Å²) in [7, 11) is 6.81. The maximum Gasteiger partial charge on any atom is 0.226 e. The number of likely N-dealkylation sites (tertiary alicyclic amines) is 1. The fraction of sp³-hybridized carbons (Fsp3) is 0.707. The Morgan fingerprint density at radius 1 is 1.04 bits per heavy atom. The van der Waals surface area contributed by atoms with Gasteiger partial charge in [0.15, 0.2) is 5.78 Å². The van der Waals surface area contributed by atoms with Crippen LogP contribution in [-0.2, 0) is 30.3 Å². The minimum absolute atomic E-state index is 0.000931. The molecule has 1 aromatic carbocycles. The number of carbonyl (C=O) groups excluding carboxylic acids is 3. The Kier molecular flexibility index (Phi) is 18.9. The lowest BCUT2D eigenvalue weighted by Gasteiger charge is -2.41. The molecule has 0 aromatic heterocycles. The number of aliphatic hydroxyl groups excluding tert-OH is 1. The molecule has 1 aromatic rings. The summed E-state index contributed by atoms with van der Waals surface area (Å²) in [4.78, 5) is 45.9. The average molecular weight is 745 g/mol. The Balaban J connectivity index is 2.26. The van der Waals surface area contributed by atoms with Crippen LogP contribution in [0.2, 0.25) is 0 Å². The van der Waals surface area contributed by atoms with Crippen LogP contribution in [-0.4, -0.2) is 109 Å². The van der Waals surface area contributed by atoms with Gasteiger partial charge in [-0.3, -0.25) is 14.4 Å². The first-order chi connectivity index (χ1) is 24.5. The molecule has 1 heterocycles. The van der Waals surface area contributed by atoms with Crippen molar-refractivity contribution in [1.29, 1.82) is 0 Å². The third-order valence-corrected chi connectivity index (χ3v) is 11.6. The van der Waals surface area contributed by atoms with Gasteiger partial charge in [-0.15, -0.1) is 0 Å². The molecule has 2 rings (SSSR count). The number of hydrogen-bond acceptors (Lipinski definition) is 8. The maximum absolute atomic E-state index is 14.2. The third kappa shape index (κ3) is 12.1. The first kappa shape index (κ1) is 45.3. The molecule has 1 aliphatic rings. The fourth-order valence-corrected chi connectivity index (χ4v) is 8.07. The highest BCUT2D eigenvalue weighted by molar-refractivity contribution is 7.80. The van der Waals surface area contributed by atoms with Crippen LogP contribution in [0.5, 0.6) is 0 Å². The molecular weight excluding hydrogens is 677 g/mol. The van der Waals surface area contributed by atoms with Crippen LogP contribution >= 0.6 is 12.2 Å². The lowest BCUT2D eigenvalue weighted by molar-refractivity contribution is -0.148. The number of ketones is 1. The minimum Gasteiger partial charge on any atom is -0.511 e. The van der Waals surface area contributed by atoms with Gasteiger partial charge in [0.1, 0.15) is 5.76 Å². The zero-order chi connectivity index (χ0) is 39.3. The van der Waals surface area contributed by atoms with Crippen LogP contribution in [0.1, 0.15) is 86.1 Å². The van der Waals surface area contributed by atoms with E-state index in [1.54, 1.807) is 33.2 Å². The number of benzene rings is 1. The summed E-state index contributed by atoms with van der Waals surface area (Å²) < 4.78 is 12.1. The van der Waals surface area contributed by atoms with Gasteiger partial charge in [-0.1, -0.05) is 104 Å². The Labute approximate surface area is 319 Å². The first-order valence-electron chi connectivity index (χ1n) is 19.1. The number of Topliss-reactive ketones (excluding diaryl/α,β-unsaturated/α-hetero) is 1. The lowest BCUT2D eigenvalue weighted by atomic mass is 9.84. The van der Waals surface area contributed by atoms with E-state index >= 15 is 0 Å². The van der Waals surface area contributed by atoms with E-state index in [1.807, 2.05) is 69.9 Å². The molecule has 9 atom stereocenters. The van der Waals surface area contributed by atoms with Crippen molar-refractivity contribution in [2.45, 2.75) is 123 Å². The van der Waals surface area contributed by atoms with Crippen molar-refractivity contribution in [1.82, 2.24) is 20.4 Å². The summed E-state index contributed by atoms with van der Waals surface area (Å²) in [5, 5.41) is 16.8. The standard InChI is InChI=1S/C41H68N4O6S/c1-13-27(6)38(44(10)41(49)31(25(2)3)23-34(47)37(42-9)26(4)5)35(50-11)24-36(48)45-21-17-20-33(45)39(51-12)28(7)40(52)43-32(29(8)46)22-30-18-15-14-16-19-30/h14-16,18-19,25-28,31-33,35,37-39,42,46H,8,13,17,20-24H2,1-7,9-12H3,(H,43,52). The largest absolute Gasteiger partial charge is 0.511 e. The van der Waals surface area contributed by atoms with E-state index in [9.17, 15) is 19.5 Å². The number of nitrogens with one attached hydrogen (secondary N) is 2. The van der Waals surface area contributed by atoms with Gasteiger partial charge in [-0.2, -0.15) is 0 Å². The summed E-state index contributed by atoms with van der Waals surface area (Å²) in [6.45, 7) is 18.5. The second-order valence-electron chi connectivity index (χ2n) is 15.4. The minimum atomic E-state index is -0.558. The van der Waals surface area contributed by atoms with Gasteiger partial charge in [-0.05, 0) is 49.6 Å². The molecule has 52 heavy (non-hydrogen) atoms. The molecule has 2 amide bonds. The number of hydrogen-bond donors (Lipinski definition) is 3. The molecule has 9 unspecified atom stereocenters. The van der Waals surface area contributed by atoms with Crippen molar-refractivity contribution in [3.63, 3.8) is 0 Å². The van der Waals surface area contributed by atoms with E-state index < -0.39 is 18.1 Å². The van der Waals surface area contributed by atoms with E-state index in [2.05, 4.69) is 31.1 Å². The van der Waals surface area contributed by atoms with Crippen LogP contribution < -0.4 is 10.6 Å². The summed E-state index contributed by atoms with van der Waals surface area (Å²) in [6, 6.07) is 8.45. The molecule has 0 radical (unpaired) electrons. The van der Waals surface area contributed by atoms with Crippen molar-refractivity contribution in [2.24, 2.45) is 29.6 Å². The van der Waals surface area contributed by atoms with Crippen LogP contribution in [0.15, 0.2) is 42.7 Å². The van der Waals surface area contributed by atoms with Crippen molar-refractivity contribution in [3.05, 3.63) is 48.2 Å². The molecule has 3 N–H and O–H groups in total. The Morgan fingerprint density at radius 3 is 2.17 bits per heavy atom. The number of carbonyl (C=O) groups is 3. The van der Waals surface area contributed by atoms with Crippen molar-refractivity contribution in [3.8, 4) is 0 Å². The normalized spacial score (nSPS) is 19.3. The number of methoxy groups -OCH3 is 2. The number of nitrogens with zero attached hydrogens (tertiary/aromatic N) is 2. The van der Waals surface area contributed by atoms with E-state index in [0.29, 0.717) is 18.0 Å². The fourth-order valence-electron chi connectivity index (χ4n) is 7.79. The Morgan fingerprint density at radius 2 is 1.67 bits per heavy atom. The second kappa shape index (κ2) is 21.7. The summed E-state index contributed by atoms with van der Waals surface area (Å²) in [6.07, 6.45) is 2.18. The van der Waals surface area contributed by atoms with Crippen molar-refractivity contribution >= 4 is 34.8 Å². The topological polar surface area (TPSA) is 120 Å². The van der Waals surface area contributed by atoms with Gasteiger partial charge < -0.3 is 35.0 Å². The maximum atomic E-state index is 14.2. The third-order valence-electron chi connectivity index (χ3n) is 11.1. The molecule has 1 aliphatic heterocycles. The van der Waals surface area contributed by atoms with Gasteiger partial charge in [0, 0.05) is 46.1 Å². The van der Waals surface area contributed by atoms with E-state index in [4.69, 9.17) is 21.7 Å². The molecule has 11 heteroatoms. The van der Waals surface area contributed by atoms with E-state index in [0.717, 1.165) is 24.8 Å². The summed E-state index contributed by atoms with van der Waals surface area (Å²) >= 11 is 5.86. The van der Waals surface area contributed by atoms with Gasteiger partial charge in [-0.25, -0.2) is 0 Å². The van der Waals surface area contributed by atoms with Gasteiger partial charge >= 0.3 is 0 Å². The van der Waals surface area contributed by atoms with Gasteiger partial charge in [0.05, 0.1) is 47.8 Å². The predicted octanol–water partition coefficient (Wildman–Crippen LogP) is 5.98. The van der Waals surface area contributed by atoms with Crippen LogP contribution in [0.25, 0.3) is 0 Å². The Hall–Kier alpha value is -2.86. The molecule has 0 bridgehead atoms. The highest BCUT2D eigenvalue weighted by Crippen LogP contribution is 2.31. The van der Waals surface area contributed by atoms with Crippen LogP contribution in [0, 0.1) is 29.6 Å². The van der Waals surface area contributed by atoms with Gasteiger partial charge in [0.25, 0.3) is 0 Å². The molecule has 1 fully saturated rings. The zero-order valence-electron chi connectivity index (χ0n) is 33.7. The number of amides is 2. The Bertz CT molecular complexity index is 1310. The average Bonchev–Trinajstić information content (AvgIpc) is 3.59. The van der Waals surface area contributed by atoms with Crippen molar-refractivity contribution < 1.29 is 29.0 Å². The van der Waals surface area contributed by atoms with E-state index in [1.165, 1.54) is 0 Å². The van der Waals surface area contributed by atoms with E-state index in [-0.39, 0.29) is 84.1 Å². The molecule has 1 saturated heterocycles. The van der Waals surface area contributed by atoms with Gasteiger partial charge in [0.2, 0.25) is 11.8 Å². The highest BCUT2D eigenvalue weighted by atomic mass is 32.1. The first-order valence-corrected chi connectivity index (χ1v) is 19.5.